The van der Waals surface area contributed by atoms with Gasteiger partial charge in [-0.3, -0.25) is 9.36 Å². The smallest absolute Gasteiger partial charge is 0.420 e. The Balaban J connectivity index is 1.43. The highest BCUT2D eigenvalue weighted by molar-refractivity contribution is 5.99. The summed E-state index contributed by atoms with van der Waals surface area (Å²) < 4.78 is 23.7. The van der Waals surface area contributed by atoms with Crippen LogP contribution in [0, 0.1) is 0 Å². The molecular weight excluding hydrogens is 560 g/mol. The van der Waals surface area contributed by atoms with Gasteiger partial charge in [0, 0.05) is 22.8 Å². The molecule has 2 unspecified atom stereocenters. The number of ether oxygens (including phenoxy) is 3. The number of carbonyl (C=O) groups is 2. The first-order valence-corrected chi connectivity index (χ1v) is 14.1. The number of methoxy groups -OCH3 is 2. The van der Waals surface area contributed by atoms with E-state index in [0.717, 1.165) is 5.56 Å². The second kappa shape index (κ2) is 12.3. The molecule has 1 saturated heterocycles. The van der Waals surface area contributed by atoms with Gasteiger partial charge in [-0.1, -0.05) is 91.0 Å². The molecule has 0 aliphatic carbocycles. The van der Waals surface area contributed by atoms with Gasteiger partial charge in [0.2, 0.25) is 5.91 Å². The maximum absolute atomic E-state index is 14.0. The average molecular weight is 591 g/mol. The third-order valence-electron chi connectivity index (χ3n) is 7.67. The first kappa shape index (κ1) is 28.5. The van der Waals surface area contributed by atoms with Gasteiger partial charge in [-0.05, 0) is 17.7 Å². The Kier molecular flexibility index (Phi) is 8.01. The summed E-state index contributed by atoms with van der Waals surface area (Å²) in [5.41, 5.74) is 3.19. The fourth-order valence-electron chi connectivity index (χ4n) is 5.48. The van der Waals surface area contributed by atoms with Gasteiger partial charge in [-0.15, -0.1) is 0 Å². The van der Waals surface area contributed by atoms with Crippen molar-refractivity contribution in [1.29, 1.82) is 0 Å². The van der Waals surface area contributed by atoms with Crippen LogP contribution in [-0.2, 0) is 27.5 Å². The van der Waals surface area contributed by atoms with E-state index in [2.05, 4.69) is 0 Å². The van der Waals surface area contributed by atoms with E-state index in [1.807, 2.05) is 91.0 Å². The predicted octanol–water partition coefficient (Wildman–Crippen LogP) is 5.49. The Labute approximate surface area is 253 Å². The highest BCUT2D eigenvalue weighted by atomic mass is 16.5. The van der Waals surface area contributed by atoms with Crippen LogP contribution >= 0.6 is 0 Å². The molecule has 0 N–H and O–H groups in total. The summed E-state index contributed by atoms with van der Waals surface area (Å²) >= 11 is 0. The van der Waals surface area contributed by atoms with Crippen molar-refractivity contribution < 1.29 is 28.2 Å². The summed E-state index contributed by atoms with van der Waals surface area (Å²) in [4.78, 5) is 42.8. The summed E-state index contributed by atoms with van der Waals surface area (Å²) in [7, 11) is 3.07. The quantitative estimate of drug-likeness (QED) is 0.157. The van der Waals surface area contributed by atoms with Crippen molar-refractivity contribution in [2.75, 3.05) is 14.2 Å². The lowest BCUT2D eigenvalue weighted by molar-refractivity contribution is -0.174. The Morgan fingerprint density at radius 2 is 1.43 bits per heavy atom. The zero-order chi connectivity index (χ0) is 30.6. The minimum Gasteiger partial charge on any atom is -0.497 e. The Bertz CT molecular complexity index is 1830. The number of carbonyl (C=O) groups excluding carboxylic acids is 2. The molecule has 2 atom stereocenters. The van der Waals surface area contributed by atoms with E-state index in [4.69, 9.17) is 18.6 Å². The number of oxazole rings is 1. The average Bonchev–Trinajstić information content (AvgIpc) is 3.41. The normalized spacial score (nSPS) is 15.9. The van der Waals surface area contributed by atoms with Crippen LogP contribution in [0.3, 0.4) is 0 Å². The van der Waals surface area contributed by atoms with Crippen molar-refractivity contribution in [3.63, 3.8) is 0 Å². The van der Waals surface area contributed by atoms with E-state index in [9.17, 15) is 14.4 Å². The SMILES string of the molecule is COc1ccc(CN2C(=O)C(n3c(-c4ccccc4)c(-c4ccccc4)oc3=O)C2C(=O)OCc2ccccc2)c(OC)c1. The largest absolute Gasteiger partial charge is 0.497 e. The first-order valence-electron chi connectivity index (χ1n) is 14.1. The number of likely N-dealkylation sites (tertiary alicyclic amines) is 1. The molecular formula is C35H30N2O7. The molecule has 6 rings (SSSR count). The fraction of sp³-hybridized carbons (Fsp3) is 0.171. The third-order valence-corrected chi connectivity index (χ3v) is 7.67. The van der Waals surface area contributed by atoms with E-state index in [1.54, 1.807) is 25.3 Å². The van der Waals surface area contributed by atoms with Gasteiger partial charge in [0.15, 0.2) is 17.8 Å². The minimum atomic E-state index is -1.19. The van der Waals surface area contributed by atoms with Crippen LogP contribution in [0.2, 0.25) is 0 Å². The second-order valence-corrected chi connectivity index (χ2v) is 10.3. The molecule has 5 aromatic rings. The minimum absolute atomic E-state index is 0.0118. The molecule has 1 aliphatic heterocycles. The number of aromatic nitrogens is 1. The number of amides is 1. The lowest BCUT2D eigenvalue weighted by Crippen LogP contribution is -2.65. The van der Waals surface area contributed by atoms with Crippen molar-refractivity contribution in [2.45, 2.75) is 25.2 Å². The van der Waals surface area contributed by atoms with Gasteiger partial charge in [0.25, 0.3) is 0 Å². The molecule has 0 spiro atoms. The van der Waals surface area contributed by atoms with Crippen LogP contribution in [0.25, 0.3) is 22.6 Å². The van der Waals surface area contributed by atoms with E-state index < -0.39 is 29.7 Å². The maximum Gasteiger partial charge on any atom is 0.420 e. The summed E-state index contributed by atoms with van der Waals surface area (Å²) in [6.07, 6.45) is 0. The zero-order valence-corrected chi connectivity index (χ0v) is 24.2. The zero-order valence-electron chi connectivity index (χ0n) is 24.2. The molecule has 0 radical (unpaired) electrons. The molecule has 2 heterocycles. The molecule has 1 amide bonds. The van der Waals surface area contributed by atoms with Crippen LogP contribution in [0.15, 0.2) is 118 Å². The van der Waals surface area contributed by atoms with Crippen molar-refractivity contribution in [1.82, 2.24) is 9.47 Å². The van der Waals surface area contributed by atoms with E-state index >= 15 is 0 Å². The number of nitrogens with zero attached hydrogens (tertiary/aromatic N) is 2. The second-order valence-electron chi connectivity index (χ2n) is 10.3. The van der Waals surface area contributed by atoms with E-state index in [1.165, 1.54) is 16.6 Å². The van der Waals surface area contributed by atoms with Gasteiger partial charge in [-0.2, -0.15) is 0 Å². The number of benzene rings is 4. The van der Waals surface area contributed by atoms with E-state index in [-0.39, 0.29) is 13.2 Å². The number of esters is 1. The Morgan fingerprint density at radius 3 is 2.07 bits per heavy atom. The highest BCUT2D eigenvalue weighted by Gasteiger charge is 2.55. The van der Waals surface area contributed by atoms with Crippen LogP contribution in [0.4, 0.5) is 0 Å². The van der Waals surface area contributed by atoms with Crippen molar-refractivity contribution in [3.8, 4) is 34.1 Å². The predicted molar refractivity (Wildman–Crippen MR) is 163 cm³/mol. The Morgan fingerprint density at radius 1 is 0.795 bits per heavy atom. The fourth-order valence-corrected chi connectivity index (χ4v) is 5.48. The standard InChI is InChI=1S/C35H30N2O7/c1-41-27-19-18-26(28(20-27)42-2)21-36-31(34(39)43-22-23-12-6-3-7-13-23)30(33(36)38)37-29(24-14-8-4-9-15-24)32(44-35(37)40)25-16-10-5-11-17-25/h3-20,30-31H,21-22H2,1-2H3. The molecule has 9 nitrogen and oxygen atoms in total. The molecule has 44 heavy (non-hydrogen) atoms. The molecule has 1 fully saturated rings. The number of β-lactam (4-membered cyclic amide) rings is 1. The number of rotatable bonds is 10. The topological polar surface area (TPSA) is 100 Å². The maximum atomic E-state index is 14.0. The summed E-state index contributed by atoms with van der Waals surface area (Å²) in [5, 5.41) is 0. The lowest BCUT2D eigenvalue weighted by atomic mass is 9.92. The van der Waals surface area contributed by atoms with Crippen LogP contribution < -0.4 is 15.2 Å². The van der Waals surface area contributed by atoms with Gasteiger partial charge in [-0.25, -0.2) is 9.59 Å². The highest BCUT2D eigenvalue weighted by Crippen LogP contribution is 2.41. The van der Waals surface area contributed by atoms with Crippen LogP contribution in [-0.4, -0.2) is 41.6 Å². The van der Waals surface area contributed by atoms with Gasteiger partial charge in [0.05, 0.1) is 26.5 Å². The molecule has 1 aromatic heterocycles. The van der Waals surface area contributed by atoms with Crippen molar-refractivity contribution >= 4 is 11.9 Å². The molecule has 222 valence electrons. The van der Waals surface area contributed by atoms with Crippen LogP contribution in [0.1, 0.15) is 17.2 Å². The molecule has 9 heteroatoms. The van der Waals surface area contributed by atoms with Crippen LogP contribution in [0.5, 0.6) is 11.5 Å². The monoisotopic (exact) mass is 590 g/mol. The van der Waals surface area contributed by atoms with Crippen molar-refractivity contribution in [2.24, 2.45) is 0 Å². The Hall–Kier alpha value is -5.57. The summed E-state index contributed by atoms with van der Waals surface area (Å²) in [6, 6.07) is 30.6. The van der Waals surface area contributed by atoms with Gasteiger partial charge < -0.3 is 23.5 Å². The molecule has 1 aliphatic rings. The van der Waals surface area contributed by atoms with Gasteiger partial charge in [0.1, 0.15) is 18.1 Å². The summed E-state index contributed by atoms with van der Waals surface area (Å²) in [6.45, 7) is 0.0598. The number of hydrogen-bond acceptors (Lipinski definition) is 7. The third kappa shape index (κ3) is 5.35. The molecule has 0 saturated carbocycles. The first-order chi connectivity index (χ1) is 21.5. The van der Waals surface area contributed by atoms with Crippen molar-refractivity contribution in [3.05, 3.63) is 131 Å². The molecule has 0 bridgehead atoms. The van der Waals surface area contributed by atoms with E-state index in [0.29, 0.717) is 39.6 Å². The number of hydrogen-bond donors (Lipinski definition) is 0. The van der Waals surface area contributed by atoms with Gasteiger partial charge >= 0.3 is 11.7 Å². The molecule has 4 aromatic carbocycles. The summed E-state index contributed by atoms with van der Waals surface area (Å²) in [5.74, 6) is -0.426. The lowest BCUT2D eigenvalue weighted by Gasteiger charge is -2.45.